The van der Waals surface area contributed by atoms with Gasteiger partial charge in [0, 0.05) is 12.0 Å². The minimum Gasteiger partial charge on any atom is -0.390 e. The molecule has 1 aliphatic carbocycles. The maximum absolute atomic E-state index is 13.0. The average molecular weight is 348 g/mol. The van der Waals surface area contributed by atoms with Crippen molar-refractivity contribution >= 4 is 5.91 Å². The Morgan fingerprint density at radius 3 is 2.69 bits per heavy atom. The van der Waals surface area contributed by atoms with Crippen LogP contribution in [0.25, 0.3) is 11.3 Å². The van der Waals surface area contributed by atoms with Crippen LogP contribution >= 0.6 is 0 Å². The Kier molecular flexibility index (Phi) is 4.09. The predicted molar refractivity (Wildman–Crippen MR) is 97.8 cm³/mol. The molecule has 5 heteroatoms. The number of amides is 1. The fourth-order valence-electron chi connectivity index (χ4n) is 3.62. The molecule has 0 bridgehead atoms. The summed E-state index contributed by atoms with van der Waals surface area (Å²) >= 11 is 0. The van der Waals surface area contributed by atoms with E-state index in [1.54, 1.807) is 6.92 Å². The summed E-state index contributed by atoms with van der Waals surface area (Å²) in [7, 11) is 0. The number of hydrogen-bond donors (Lipinski definition) is 2. The molecule has 4 rings (SSSR count). The second-order valence-corrected chi connectivity index (χ2v) is 6.70. The molecule has 0 saturated carbocycles. The first-order valence-electron chi connectivity index (χ1n) is 8.65. The summed E-state index contributed by atoms with van der Waals surface area (Å²) in [5.41, 5.74) is 4.84. The molecule has 0 radical (unpaired) electrons. The standard InChI is InChI=1S/C21H20N2O3/c1-12-7-3-5-9-15(12)20-18(13(2)26-23-20)21(25)22-19-16-10-6-4-8-14(16)11-17(19)24/h3-10,17,19,24H,11H2,1-2H3,(H,22,25)/t17-,19+/m0/s1. The highest BCUT2D eigenvalue weighted by Crippen LogP contribution is 2.33. The van der Waals surface area contributed by atoms with Crippen LogP contribution in [0.2, 0.25) is 0 Å². The molecule has 2 atom stereocenters. The predicted octanol–water partition coefficient (Wildman–Crippen LogP) is 3.35. The van der Waals surface area contributed by atoms with Crippen LogP contribution in [0.3, 0.4) is 0 Å². The van der Waals surface area contributed by atoms with Gasteiger partial charge < -0.3 is 14.9 Å². The second kappa shape index (κ2) is 6.42. The number of aromatic nitrogens is 1. The zero-order valence-corrected chi connectivity index (χ0v) is 14.7. The van der Waals surface area contributed by atoms with E-state index in [1.165, 1.54) is 0 Å². The van der Waals surface area contributed by atoms with Crippen LogP contribution in [-0.4, -0.2) is 22.3 Å². The molecular weight excluding hydrogens is 328 g/mol. The van der Waals surface area contributed by atoms with Gasteiger partial charge in [-0.2, -0.15) is 0 Å². The summed E-state index contributed by atoms with van der Waals surface area (Å²) in [6.07, 6.45) is -0.104. The number of hydrogen-bond acceptors (Lipinski definition) is 4. The SMILES string of the molecule is Cc1ccccc1-c1noc(C)c1C(=O)N[C@@H]1c2ccccc2C[C@@H]1O. The molecule has 0 unspecified atom stereocenters. The van der Waals surface area contributed by atoms with E-state index in [2.05, 4.69) is 10.5 Å². The van der Waals surface area contributed by atoms with Gasteiger partial charge in [0.15, 0.2) is 0 Å². The summed E-state index contributed by atoms with van der Waals surface area (Å²) in [6, 6.07) is 15.1. The smallest absolute Gasteiger partial charge is 0.257 e. The molecule has 5 nitrogen and oxygen atoms in total. The molecule has 2 aromatic carbocycles. The molecule has 132 valence electrons. The van der Waals surface area contributed by atoms with Crippen molar-refractivity contribution in [2.24, 2.45) is 0 Å². The van der Waals surface area contributed by atoms with Crippen molar-refractivity contribution in [2.75, 3.05) is 0 Å². The van der Waals surface area contributed by atoms with Gasteiger partial charge in [-0.15, -0.1) is 0 Å². The Hall–Kier alpha value is -2.92. The molecule has 3 aromatic rings. The molecule has 1 amide bonds. The summed E-state index contributed by atoms with van der Waals surface area (Å²) < 4.78 is 5.31. The maximum atomic E-state index is 13.0. The molecule has 0 spiro atoms. The lowest BCUT2D eigenvalue weighted by Gasteiger charge is -2.18. The zero-order valence-electron chi connectivity index (χ0n) is 14.7. The zero-order chi connectivity index (χ0) is 18.3. The topological polar surface area (TPSA) is 75.4 Å². The summed E-state index contributed by atoms with van der Waals surface area (Å²) in [6.45, 7) is 3.70. The maximum Gasteiger partial charge on any atom is 0.257 e. The van der Waals surface area contributed by atoms with E-state index in [9.17, 15) is 9.90 Å². The van der Waals surface area contributed by atoms with Gasteiger partial charge in [0.1, 0.15) is 17.0 Å². The quantitative estimate of drug-likeness (QED) is 0.761. The van der Waals surface area contributed by atoms with Gasteiger partial charge >= 0.3 is 0 Å². The van der Waals surface area contributed by atoms with Gasteiger partial charge in [-0.3, -0.25) is 4.79 Å². The number of aryl methyl sites for hydroxylation is 2. The average Bonchev–Trinajstić information content (AvgIpc) is 3.16. The Balaban J connectivity index is 1.68. The third-order valence-corrected chi connectivity index (χ3v) is 4.98. The van der Waals surface area contributed by atoms with Crippen molar-refractivity contribution < 1.29 is 14.4 Å². The lowest BCUT2D eigenvalue weighted by atomic mass is 10.0. The monoisotopic (exact) mass is 348 g/mol. The van der Waals surface area contributed by atoms with Gasteiger partial charge in [-0.05, 0) is 30.5 Å². The van der Waals surface area contributed by atoms with E-state index in [-0.39, 0.29) is 5.91 Å². The van der Waals surface area contributed by atoms with E-state index < -0.39 is 12.1 Å². The van der Waals surface area contributed by atoms with Crippen LogP contribution in [0.4, 0.5) is 0 Å². The lowest BCUT2D eigenvalue weighted by Crippen LogP contribution is -2.34. The number of nitrogens with zero attached hydrogens (tertiary/aromatic N) is 1. The Bertz CT molecular complexity index is 977. The number of benzene rings is 2. The summed E-state index contributed by atoms with van der Waals surface area (Å²) in [4.78, 5) is 13.0. The van der Waals surface area contributed by atoms with Crippen molar-refractivity contribution in [3.63, 3.8) is 0 Å². The Morgan fingerprint density at radius 2 is 1.88 bits per heavy atom. The van der Waals surface area contributed by atoms with E-state index in [1.807, 2.05) is 55.5 Å². The van der Waals surface area contributed by atoms with Crippen molar-refractivity contribution in [1.82, 2.24) is 10.5 Å². The van der Waals surface area contributed by atoms with Gasteiger partial charge in [-0.25, -0.2) is 0 Å². The number of carbonyl (C=O) groups excluding carboxylic acids is 1. The normalized spacial score (nSPS) is 18.6. The molecule has 2 N–H and O–H groups in total. The van der Waals surface area contributed by atoms with Gasteiger partial charge in [-0.1, -0.05) is 53.7 Å². The van der Waals surface area contributed by atoms with Gasteiger partial charge in [0.25, 0.3) is 5.91 Å². The molecule has 26 heavy (non-hydrogen) atoms. The molecule has 0 fully saturated rings. The van der Waals surface area contributed by atoms with Crippen molar-refractivity contribution in [3.05, 3.63) is 76.5 Å². The highest BCUT2D eigenvalue weighted by Gasteiger charge is 2.33. The van der Waals surface area contributed by atoms with Crippen LogP contribution in [0, 0.1) is 13.8 Å². The van der Waals surface area contributed by atoms with Crippen molar-refractivity contribution in [2.45, 2.75) is 32.4 Å². The molecular formula is C21H20N2O3. The molecule has 1 aliphatic rings. The molecule has 0 aliphatic heterocycles. The summed E-state index contributed by atoms with van der Waals surface area (Å²) in [5, 5.41) is 17.5. The highest BCUT2D eigenvalue weighted by molar-refractivity contribution is 6.01. The van der Waals surface area contributed by atoms with Crippen LogP contribution in [0.1, 0.15) is 38.9 Å². The largest absolute Gasteiger partial charge is 0.390 e. The fourth-order valence-corrected chi connectivity index (χ4v) is 3.62. The van der Waals surface area contributed by atoms with Gasteiger partial charge in [0.05, 0.1) is 12.1 Å². The first-order chi connectivity index (χ1) is 12.6. The third kappa shape index (κ3) is 2.70. The van der Waals surface area contributed by atoms with Crippen LogP contribution in [0.5, 0.6) is 0 Å². The minimum absolute atomic E-state index is 0.289. The summed E-state index contributed by atoms with van der Waals surface area (Å²) in [5.74, 6) is 0.171. The van der Waals surface area contributed by atoms with E-state index >= 15 is 0 Å². The fraction of sp³-hybridized carbons (Fsp3) is 0.238. The Labute approximate surface area is 151 Å². The highest BCUT2D eigenvalue weighted by atomic mass is 16.5. The first-order valence-corrected chi connectivity index (χ1v) is 8.65. The molecule has 1 heterocycles. The lowest BCUT2D eigenvalue weighted by molar-refractivity contribution is 0.0857. The number of aliphatic hydroxyl groups excluding tert-OH is 1. The molecule has 1 aromatic heterocycles. The second-order valence-electron chi connectivity index (χ2n) is 6.70. The minimum atomic E-state index is -0.640. The van der Waals surface area contributed by atoms with E-state index in [0.717, 1.165) is 22.3 Å². The van der Waals surface area contributed by atoms with E-state index in [0.29, 0.717) is 23.4 Å². The Morgan fingerprint density at radius 1 is 1.15 bits per heavy atom. The number of nitrogens with one attached hydrogen (secondary N) is 1. The number of carbonyl (C=O) groups is 1. The first kappa shape index (κ1) is 16.5. The number of fused-ring (bicyclic) bond motifs is 1. The number of aliphatic hydroxyl groups is 1. The van der Waals surface area contributed by atoms with Crippen LogP contribution in [0.15, 0.2) is 53.1 Å². The van der Waals surface area contributed by atoms with Crippen molar-refractivity contribution in [3.8, 4) is 11.3 Å². The van der Waals surface area contributed by atoms with Crippen molar-refractivity contribution in [1.29, 1.82) is 0 Å². The molecule has 0 saturated heterocycles. The van der Waals surface area contributed by atoms with E-state index in [4.69, 9.17) is 4.52 Å². The van der Waals surface area contributed by atoms with Gasteiger partial charge in [0.2, 0.25) is 0 Å². The van der Waals surface area contributed by atoms with Crippen LogP contribution < -0.4 is 5.32 Å². The number of rotatable bonds is 3. The van der Waals surface area contributed by atoms with Crippen LogP contribution in [-0.2, 0) is 6.42 Å². The third-order valence-electron chi connectivity index (χ3n) is 4.98.